The van der Waals surface area contributed by atoms with Gasteiger partial charge in [-0.2, -0.15) is 5.26 Å². The van der Waals surface area contributed by atoms with E-state index in [2.05, 4.69) is 5.32 Å². The first-order chi connectivity index (χ1) is 12.2. The number of nitrogens with one attached hydrogen (secondary N) is 1. The number of hydrogen-bond acceptors (Lipinski definition) is 4. The molecule has 0 aliphatic carbocycles. The lowest BCUT2D eigenvalue weighted by Crippen LogP contribution is -2.37. The molecule has 6 nitrogen and oxygen atoms in total. The van der Waals surface area contributed by atoms with Crippen LogP contribution in [0.15, 0.2) is 42.5 Å². The zero-order chi connectivity index (χ0) is 19.3. The number of halogens is 2. The van der Waals surface area contributed by atoms with Crippen LogP contribution < -0.4 is 9.62 Å². The van der Waals surface area contributed by atoms with Gasteiger partial charge in [0, 0.05) is 15.7 Å². The number of rotatable bonds is 6. The van der Waals surface area contributed by atoms with Crippen molar-refractivity contribution in [2.24, 2.45) is 0 Å². The number of anilines is 2. The second-order valence-electron chi connectivity index (χ2n) is 5.48. The molecule has 0 aliphatic rings. The molecule has 0 saturated carbocycles. The number of amides is 1. The summed E-state index contributed by atoms with van der Waals surface area (Å²) in [5.41, 5.74) is 1.51. The summed E-state index contributed by atoms with van der Waals surface area (Å²) in [7, 11) is -3.73. The highest BCUT2D eigenvalue weighted by atomic mass is 35.5. The highest BCUT2D eigenvalue weighted by molar-refractivity contribution is 7.92. The molecule has 0 bridgehead atoms. The Hall–Kier alpha value is -2.27. The van der Waals surface area contributed by atoms with Gasteiger partial charge in [0.2, 0.25) is 15.9 Å². The largest absolute Gasteiger partial charge is 0.325 e. The van der Waals surface area contributed by atoms with Gasteiger partial charge < -0.3 is 5.32 Å². The predicted octanol–water partition coefficient (Wildman–Crippen LogP) is 3.46. The Bertz CT molecular complexity index is 934. The van der Waals surface area contributed by atoms with Gasteiger partial charge in [0.25, 0.3) is 0 Å². The van der Waals surface area contributed by atoms with E-state index in [1.165, 1.54) is 18.2 Å². The normalized spacial score (nSPS) is 10.8. The average Bonchev–Trinajstić information content (AvgIpc) is 2.53. The molecule has 26 heavy (non-hydrogen) atoms. The standard InChI is InChI=1S/C17H15Cl2N3O3S/c1-26(24,25)22(16-9-13(18)8-14(19)10-16)11-17(23)21-15-4-2-12(3-5-15)6-7-20/h2-5,8-10H,6,11H2,1H3,(H,21,23). The molecule has 2 rings (SSSR count). The Labute approximate surface area is 162 Å². The molecule has 0 heterocycles. The summed E-state index contributed by atoms with van der Waals surface area (Å²) in [6.45, 7) is -0.435. The van der Waals surface area contributed by atoms with Crippen LogP contribution in [-0.4, -0.2) is 27.1 Å². The van der Waals surface area contributed by atoms with Crippen molar-refractivity contribution in [3.05, 3.63) is 58.1 Å². The number of carbonyl (C=O) groups is 1. The van der Waals surface area contributed by atoms with Gasteiger partial charge in [-0.15, -0.1) is 0 Å². The Balaban J connectivity index is 2.18. The van der Waals surface area contributed by atoms with Gasteiger partial charge in [0.1, 0.15) is 6.54 Å². The summed E-state index contributed by atoms with van der Waals surface area (Å²) in [5.74, 6) is -0.528. The molecule has 9 heteroatoms. The third-order valence-electron chi connectivity index (χ3n) is 3.34. The SMILES string of the molecule is CS(=O)(=O)N(CC(=O)Nc1ccc(CC#N)cc1)c1cc(Cl)cc(Cl)c1. The van der Waals surface area contributed by atoms with Crippen molar-refractivity contribution in [1.82, 2.24) is 0 Å². The van der Waals surface area contributed by atoms with E-state index in [1.54, 1.807) is 24.3 Å². The quantitative estimate of drug-likeness (QED) is 0.787. The molecule has 2 aromatic rings. The van der Waals surface area contributed by atoms with Crippen molar-refractivity contribution < 1.29 is 13.2 Å². The summed E-state index contributed by atoms with van der Waals surface area (Å²) in [4.78, 5) is 12.3. The molecule has 1 amide bonds. The van der Waals surface area contributed by atoms with Gasteiger partial charge in [-0.3, -0.25) is 9.10 Å². The van der Waals surface area contributed by atoms with Crippen LogP contribution in [-0.2, 0) is 21.2 Å². The van der Waals surface area contributed by atoms with Crippen molar-refractivity contribution in [3.63, 3.8) is 0 Å². The molecule has 0 aliphatic heterocycles. The monoisotopic (exact) mass is 411 g/mol. The van der Waals surface area contributed by atoms with Crippen LogP contribution in [0.5, 0.6) is 0 Å². The summed E-state index contributed by atoms with van der Waals surface area (Å²) in [5, 5.41) is 11.8. The summed E-state index contributed by atoms with van der Waals surface area (Å²) in [6, 6.07) is 13.0. The maximum absolute atomic E-state index is 12.3. The Morgan fingerprint density at radius 3 is 2.23 bits per heavy atom. The van der Waals surface area contributed by atoms with Crippen LogP contribution in [0, 0.1) is 11.3 Å². The van der Waals surface area contributed by atoms with E-state index in [0.29, 0.717) is 5.69 Å². The van der Waals surface area contributed by atoms with Crippen LogP contribution >= 0.6 is 23.2 Å². The van der Waals surface area contributed by atoms with Gasteiger partial charge >= 0.3 is 0 Å². The second kappa shape index (κ2) is 8.41. The van der Waals surface area contributed by atoms with Crippen molar-refractivity contribution in [2.75, 3.05) is 22.4 Å². The fourth-order valence-corrected chi connectivity index (χ4v) is 3.57. The number of carbonyl (C=O) groups excluding carboxylic acids is 1. The van der Waals surface area contributed by atoms with Crippen LogP contribution in [0.2, 0.25) is 10.0 Å². The first kappa shape index (κ1) is 20.0. The molecule has 1 N–H and O–H groups in total. The van der Waals surface area contributed by atoms with Gasteiger partial charge in [-0.1, -0.05) is 35.3 Å². The molecule has 0 spiro atoms. The van der Waals surface area contributed by atoms with E-state index in [9.17, 15) is 13.2 Å². The lowest BCUT2D eigenvalue weighted by molar-refractivity contribution is -0.114. The second-order valence-corrected chi connectivity index (χ2v) is 8.26. The van der Waals surface area contributed by atoms with Crippen LogP contribution in [0.4, 0.5) is 11.4 Å². The fourth-order valence-electron chi connectivity index (χ4n) is 2.21. The zero-order valence-corrected chi connectivity index (χ0v) is 16.1. The molecule has 0 aromatic heterocycles. The van der Waals surface area contributed by atoms with Gasteiger partial charge in [-0.05, 0) is 35.9 Å². The Kier molecular flexibility index (Phi) is 6.48. The number of sulfonamides is 1. The maximum atomic E-state index is 12.3. The number of hydrogen-bond donors (Lipinski definition) is 1. The molecule has 0 atom stereocenters. The molecule has 0 radical (unpaired) electrons. The Morgan fingerprint density at radius 1 is 1.15 bits per heavy atom. The number of nitriles is 1. The first-order valence-corrected chi connectivity index (χ1v) is 9.99. The first-order valence-electron chi connectivity index (χ1n) is 7.38. The molecular weight excluding hydrogens is 397 g/mol. The van der Waals surface area contributed by atoms with Crippen molar-refractivity contribution in [1.29, 1.82) is 5.26 Å². The zero-order valence-electron chi connectivity index (χ0n) is 13.7. The summed E-state index contributed by atoms with van der Waals surface area (Å²) >= 11 is 11.8. The fraction of sp³-hybridized carbons (Fsp3) is 0.176. The van der Waals surface area contributed by atoms with E-state index < -0.39 is 22.5 Å². The highest BCUT2D eigenvalue weighted by Gasteiger charge is 2.21. The minimum Gasteiger partial charge on any atom is -0.325 e. The van der Waals surface area contributed by atoms with E-state index in [4.69, 9.17) is 28.5 Å². The molecular formula is C17H15Cl2N3O3S. The van der Waals surface area contributed by atoms with E-state index >= 15 is 0 Å². The smallest absolute Gasteiger partial charge is 0.245 e. The molecule has 0 fully saturated rings. The van der Waals surface area contributed by atoms with Crippen LogP contribution in [0.3, 0.4) is 0 Å². The summed E-state index contributed by atoms with van der Waals surface area (Å²) < 4.78 is 25.1. The number of nitrogens with zero attached hydrogens (tertiary/aromatic N) is 2. The minimum atomic E-state index is -3.73. The molecule has 0 saturated heterocycles. The van der Waals surface area contributed by atoms with Crippen LogP contribution in [0.25, 0.3) is 0 Å². The lowest BCUT2D eigenvalue weighted by atomic mass is 10.1. The topological polar surface area (TPSA) is 90.3 Å². The maximum Gasteiger partial charge on any atom is 0.245 e. The minimum absolute atomic E-state index is 0.199. The van der Waals surface area contributed by atoms with E-state index in [0.717, 1.165) is 16.1 Å². The van der Waals surface area contributed by atoms with Gasteiger partial charge in [-0.25, -0.2) is 8.42 Å². The highest BCUT2D eigenvalue weighted by Crippen LogP contribution is 2.27. The van der Waals surface area contributed by atoms with Crippen LogP contribution in [0.1, 0.15) is 5.56 Å². The number of benzene rings is 2. The lowest BCUT2D eigenvalue weighted by Gasteiger charge is -2.22. The molecule has 2 aromatic carbocycles. The average molecular weight is 412 g/mol. The van der Waals surface area contributed by atoms with Gasteiger partial charge in [0.05, 0.1) is 24.4 Å². The molecule has 136 valence electrons. The predicted molar refractivity (Wildman–Crippen MR) is 103 cm³/mol. The van der Waals surface area contributed by atoms with E-state index in [1.807, 2.05) is 6.07 Å². The Morgan fingerprint density at radius 2 is 1.73 bits per heavy atom. The molecule has 0 unspecified atom stereocenters. The third-order valence-corrected chi connectivity index (χ3v) is 4.92. The van der Waals surface area contributed by atoms with Crippen molar-refractivity contribution >= 4 is 50.5 Å². The van der Waals surface area contributed by atoms with Crippen molar-refractivity contribution in [2.45, 2.75) is 6.42 Å². The third kappa shape index (κ3) is 5.63. The van der Waals surface area contributed by atoms with Gasteiger partial charge in [0.15, 0.2) is 0 Å². The van der Waals surface area contributed by atoms with Crippen molar-refractivity contribution in [3.8, 4) is 6.07 Å². The summed E-state index contributed by atoms with van der Waals surface area (Å²) in [6.07, 6.45) is 1.26. The van der Waals surface area contributed by atoms with E-state index in [-0.39, 0.29) is 22.2 Å².